The topological polar surface area (TPSA) is 55.8 Å². The Balaban J connectivity index is 2.68. The van der Waals surface area contributed by atoms with Crippen LogP contribution in [0.1, 0.15) is 20.8 Å². The minimum atomic E-state index is -0.606. The lowest BCUT2D eigenvalue weighted by Crippen LogP contribution is -2.36. The molecule has 0 aromatic rings. The van der Waals surface area contributed by atoms with Crippen LogP contribution in [0, 0.1) is 17.8 Å². The van der Waals surface area contributed by atoms with E-state index in [1.807, 2.05) is 13.8 Å². The largest absolute Gasteiger partial charge is 0.456 e. The molecule has 0 radical (unpaired) electrons. The molecule has 0 aliphatic carbocycles. The van der Waals surface area contributed by atoms with Gasteiger partial charge < -0.3 is 9.47 Å². The van der Waals surface area contributed by atoms with Crippen molar-refractivity contribution >= 4 is 12.1 Å². The van der Waals surface area contributed by atoms with Gasteiger partial charge in [-0.1, -0.05) is 25.8 Å². The van der Waals surface area contributed by atoms with Crippen molar-refractivity contribution < 1.29 is 19.1 Å². The van der Waals surface area contributed by atoms with E-state index in [9.17, 15) is 9.59 Å². The van der Waals surface area contributed by atoms with Crippen LogP contribution < -0.4 is 0 Å². The van der Waals surface area contributed by atoms with Gasteiger partial charge in [0, 0.05) is 12.1 Å². The van der Waals surface area contributed by atoms with E-state index >= 15 is 0 Å². The van der Waals surface area contributed by atoms with Gasteiger partial charge in [0.15, 0.2) is 0 Å². The quantitative estimate of drug-likeness (QED) is 0.450. The van der Waals surface area contributed by atoms with Crippen LogP contribution in [0.25, 0.3) is 0 Å². The van der Waals surface area contributed by atoms with Crippen LogP contribution in [0.2, 0.25) is 0 Å². The lowest BCUT2D eigenvalue weighted by Gasteiger charge is -2.24. The van der Waals surface area contributed by atoms with Crippen LogP contribution >= 0.6 is 0 Å². The third kappa shape index (κ3) is 5.19. The summed E-state index contributed by atoms with van der Waals surface area (Å²) in [5, 5.41) is 0. The Labute approximate surface area is 119 Å². The first kappa shape index (κ1) is 15.8. The summed E-state index contributed by atoms with van der Waals surface area (Å²) in [5.74, 6) is 4.70. The molecule has 0 unspecified atom stereocenters. The Kier molecular flexibility index (Phi) is 6.38. The maximum Gasteiger partial charge on any atom is 0.415 e. The van der Waals surface area contributed by atoms with Crippen molar-refractivity contribution in [2.75, 3.05) is 13.2 Å². The second-order valence-electron chi connectivity index (χ2n) is 4.54. The number of carbonyl (C=O) groups is 2. The van der Waals surface area contributed by atoms with E-state index in [0.717, 1.165) is 0 Å². The van der Waals surface area contributed by atoms with Gasteiger partial charge in [-0.15, -0.1) is 0 Å². The van der Waals surface area contributed by atoms with Gasteiger partial charge in [0.2, 0.25) is 0 Å². The first-order valence-corrected chi connectivity index (χ1v) is 6.53. The van der Waals surface area contributed by atoms with Crippen molar-refractivity contribution in [2.45, 2.75) is 26.8 Å². The monoisotopic (exact) mass is 277 g/mol. The average molecular weight is 277 g/mol. The zero-order valence-corrected chi connectivity index (χ0v) is 12.0. The highest BCUT2D eigenvalue weighted by molar-refractivity contribution is 5.88. The summed E-state index contributed by atoms with van der Waals surface area (Å²) in [6.45, 7) is 6.23. The molecule has 0 saturated heterocycles. The number of allylic oxidation sites excluding steroid dienone is 2. The number of esters is 1. The molecule has 1 rings (SSSR count). The summed E-state index contributed by atoms with van der Waals surface area (Å²) in [5.41, 5.74) is 0. The Hall–Kier alpha value is -2.22. The Morgan fingerprint density at radius 1 is 1.30 bits per heavy atom. The molecular weight excluding hydrogens is 258 g/mol. The molecule has 0 fully saturated rings. The molecule has 108 valence electrons. The predicted octanol–water partition coefficient (Wildman–Crippen LogP) is 2.10. The highest BCUT2D eigenvalue weighted by Gasteiger charge is 2.21. The number of hydrogen-bond donors (Lipinski definition) is 0. The number of nitrogens with zero attached hydrogens (tertiary/aromatic N) is 1. The van der Waals surface area contributed by atoms with E-state index in [-0.39, 0.29) is 12.5 Å². The molecular formula is C15H19NO4. The Morgan fingerprint density at radius 3 is 2.70 bits per heavy atom. The van der Waals surface area contributed by atoms with E-state index in [1.165, 1.54) is 4.90 Å². The molecule has 0 bridgehead atoms. The number of hydrogen-bond acceptors (Lipinski definition) is 4. The molecule has 1 heterocycles. The minimum absolute atomic E-state index is 0.257. The van der Waals surface area contributed by atoms with Crippen molar-refractivity contribution in [1.82, 2.24) is 4.90 Å². The van der Waals surface area contributed by atoms with Crippen LogP contribution in [-0.2, 0) is 14.3 Å². The maximum atomic E-state index is 11.9. The molecule has 0 spiro atoms. The molecule has 0 N–H and O–H groups in total. The van der Waals surface area contributed by atoms with Gasteiger partial charge in [-0.25, -0.2) is 9.59 Å². The van der Waals surface area contributed by atoms with E-state index in [0.29, 0.717) is 6.61 Å². The van der Waals surface area contributed by atoms with E-state index < -0.39 is 18.1 Å². The molecule has 1 aliphatic heterocycles. The highest BCUT2D eigenvalue weighted by atomic mass is 16.6. The maximum absolute atomic E-state index is 11.9. The zero-order valence-electron chi connectivity index (χ0n) is 12.0. The average Bonchev–Trinajstić information content (AvgIpc) is 2.43. The number of ether oxygens (including phenoxy) is 2. The van der Waals surface area contributed by atoms with Crippen LogP contribution in [0.3, 0.4) is 0 Å². The third-order valence-corrected chi connectivity index (χ3v) is 2.30. The predicted molar refractivity (Wildman–Crippen MR) is 74.5 cm³/mol. The molecule has 0 aromatic heterocycles. The smallest absolute Gasteiger partial charge is 0.415 e. The number of carbonyl (C=O) groups excluding carboxylic acids is 2. The molecule has 1 amide bonds. The molecule has 1 atom stereocenters. The van der Waals surface area contributed by atoms with Gasteiger partial charge in [0.25, 0.3) is 0 Å². The van der Waals surface area contributed by atoms with Gasteiger partial charge >= 0.3 is 12.1 Å². The molecule has 0 aromatic carbocycles. The Morgan fingerprint density at radius 2 is 2.05 bits per heavy atom. The van der Waals surface area contributed by atoms with Gasteiger partial charge in [-0.3, -0.25) is 4.90 Å². The van der Waals surface area contributed by atoms with Gasteiger partial charge in [0.05, 0.1) is 13.2 Å². The summed E-state index contributed by atoms with van der Waals surface area (Å²) in [6.07, 6.45) is 6.27. The van der Waals surface area contributed by atoms with Gasteiger partial charge in [-0.2, -0.15) is 0 Å². The first-order valence-electron chi connectivity index (χ1n) is 6.53. The van der Waals surface area contributed by atoms with Crippen molar-refractivity contribution in [2.24, 2.45) is 5.92 Å². The number of rotatable bonds is 3. The van der Waals surface area contributed by atoms with Crippen molar-refractivity contribution in [3.63, 3.8) is 0 Å². The summed E-state index contributed by atoms with van der Waals surface area (Å²) in [6, 6.07) is -0.524. The fraction of sp³-hybridized carbons (Fsp3) is 0.467. The molecule has 1 aliphatic rings. The minimum Gasteiger partial charge on any atom is -0.456 e. The second kappa shape index (κ2) is 8.05. The number of amides is 1. The van der Waals surface area contributed by atoms with E-state index in [4.69, 9.17) is 9.47 Å². The normalized spacial score (nSPS) is 16.6. The second-order valence-corrected chi connectivity index (χ2v) is 4.54. The van der Waals surface area contributed by atoms with E-state index in [1.54, 1.807) is 31.4 Å². The zero-order chi connectivity index (χ0) is 15.0. The van der Waals surface area contributed by atoms with E-state index in [2.05, 4.69) is 11.8 Å². The van der Waals surface area contributed by atoms with Crippen molar-refractivity contribution in [1.29, 1.82) is 0 Å². The summed E-state index contributed by atoms with van der Waals surface area (Å²) in [7, 11) is 0. The summed E-state index contributed by atoms with van der Waals surface area (Å²) >= 11 is 0. The van der Waals surface area contributed by atoms with Gasteiger partial charge in [-0.05, 0) is 25.0 Å². The first-order chi connectivity index (χ1) is 9.54. The van der Waals surface area contributed by atoms with Crippen molar-refractivity contribution in [3.8, 4) is 11.8 Å². The summed E-state index contributed by atoms with van der Waals surface area (Å²) < 4.78 is 9.86. The highest BCUT2D eigenvalue weighted by Crippen LogP contribution is 2.10. The molecule has 0 saturated carbocycles. The molecule has 20 heavy (non-hydrogen) atoms. The third-order valence-electron chi connectivity index (χ3n) is 2.30. The SMILES string of the molecule is CCOC(=O)C#C[C@H]1C=CC=CN1C(=O)OCC(C)C. The van der Waals surface area contributed by atoms with Crippen molar-refractivity contribution in [3.05, 3.63) is 24.4 Å². The van der Waals surface area contributed by atoms with Crippen LogP contribution in [0.5, 0.6) is 0 Å². The lowest BCUT2D eigenvalue weighted by molar-refractivity contribution is -0.136. The molecule has 5 heteroatoms. The lowest BCUT2D eigenvalue weighted by atomic mass is 10.2. The fourth-order valence-electron chi connectivity index (χ4n) is 1.40. The van der Waals surface area contributed by atoms with Gasteiger partial charge in [0.1, 0.15) is 6.04 Å². The fourth-order valence-corrected chi connectivity index (χ4v) is 1.40. The molecule has 5 nitrogen and oxygen atoms in total. The van der Waals surface area contributed by atoms with Crippen LogP contribution in [0.4, 0.5) is 4.79 Å². The van der Waals surface area contributed by atoms with Crippen LogP contribution in [0.15, 0.2) is 24.4 Å². The standard InChI is InChI=1S/C15H19NO4/c1-4-19-14(17)9-8-13-7-5-6-10-16(13)15(18)20-11-12(2)3/h5-7,10,12-13H,4,11H2,1-3H3/t13-/m1/s1. The van der Waals surface area contributed by atoms with Crippen LogP contribution in [-0.4, -0.2) is 36.2 Å². The Bertz CT molecular complexity index is 468. The summed E-state index contributed by atoms with van der Waals surface area (Å²) in [4.78, 5) is 24.5.